The van der Waals surface area contributed by atoms with Crippen LogP contribution in [0.3, 0.4) is 0 Å². The fourth-order valence-electron chi connectivity index (χ4n) is 3.41. The Hall–Kier alpha value is -3.14. The van der Waals surface area contributed by atoms with Crippen molar-refractivity contribution < 1.29 is 22.7 Å². The molecular formula is C25H29F3N4O2S. The zero-order chi connectivity index (χ0) is 25.3. The predicted molar refractivity (Wildman–Crippen MR) is 133 cm³/mol. The van der Waals surface area contributed by atoms with Gasteiger partial charge in [0.2, 0.25) is 5.91 Å². The summed E-state index contributed by atoms with van der Waals surface area (Å²) in [6.45, 7) is 3.79. The number of hydrogen-bond acceptors (Lipinski definition) is 6. The Morgan fingerprint density at radius 1 is 1.09 bits per heavy atom. The van der Waals surface area contributed by atoms with Gasteiger partial charge >= 0.3 is 6.18 Å². The molecule has 10 heteroatoms. The highest BCUT2D eigenvalue weighted by Gasteiger charge is 2.34. The van der Waals surface area contributed by atoms with E-state index >= 15 is 0 Å². The van der Waals surface area contributed by atoms with Crippen LogP contribution in [0, 0.1) is 0 Å². The Bertz CT molecular complexity index is 1100. The van der Waals surface area contributed by atoms with Crippen LogP contribution in [0.1, 0.15) is 57.9 Å². The molecule has 188 valence electrons. The maximum atomic E-state index is 13.7. The van der Waals surface area contributed by atoms with E-state index in [1.54, 1.807) is 29.8 Å². The molecule has 2 heterocycles. The minimum Gasteiger partial charge on any atom is -0.493 e. The van der Waals surface area contributed by atoms with Crippen LogP contribution in [-0.4, -0.2) is 22.5 Å². The maximum Gasteiger partial charge on any atom is 0.420 e. The van der Waals surface area contributed by atoms with Crippen molar-refractivity contribution in [2.75, 3.05) is 17.2 Å². The third kappa shape index (κ3) is 8.24. The van der Waals surface area contributed by atoms with Gasteiger partial charge in [-0.25, -0.2) is 9.97 Å². The molecule has 6 nitrogen and oxygen atoms in total. The van der Waals surface area contributed by atoms with E-state index < -0.39 is 11.7 Å². The molecular weight excluding hydrogens is 477 g/mol. The van der Waals surface area contributed by atoms with Crippen LogP contribution >= 0.6 is 11.3 Å². The van der Waals surface area contributed by atoms with Crippen LogP contribution in [0.25, 0.3) is 11.3 Å². The van der Waals surface area contributed by atoms with Gasteiger partial charge in [0.05, 0.1) is 17.9 Å². The fraction of sp³-hybridized carbons (Fsp3) is 0.400. The molecule has 0 atom stereocenters. The standard InChI is InChI=1S/C25H29F3N4O2S/c1-3-4-5-6-7-8-13-34-22-11-10-19(14-20(22)25(26,27)28)31-24-32-21(16-35-24)18-9-12-23(29-15-18)30-17(2)33/h9-12,14-16H,3-8,13H2,1-2H3,(H,31,32)(H,29,30,33). The van der Waals surface area contributed by atoms with Gasteiger partial charge in [-0.1, -0.05) is 39.0 Å². The Labute approximate surface area is 207 Å². The number of hydrogen-bond donors (Lipinski definition) is 2. The zero-order valence-corrected chi connectivity index (χ0v) is 20.6. The summed E-state index contributed by atoms with van der Waals surface area (Å²) in [5.41, 5.74) is 0.791. The second-order valence-electron chi connectivity index (χ2n) is 8.10. The lowest BCUT2D eigenvalue weighted by Crippen LogP contribution is -2.10. The van der Waals surface area contributed by atoms with Crippen molar-refractivity contribution in [1.82, 2.24) is 9.97 Å². The first kappa shape index (κ1) is 26.5. The van der Waals surface area contributed by atoms with E-state index in [0.29, 0.717) is 16.6 Å². The molecule has 0 saturated heterocycles. The molecule has 3 aromatic rings. The van der Waals surface area contributed by atoms with Crippen molar-refractivity contribution in [3.8, 4) is 17.0 Å². The molecule has 0 saturated carbocycles. The van der Waals surface area contributed by atoms with Gasteiger partial charge in [-0.3, -0.25) is 4.79 Å². The molecule has 1 amide bonds. The average Bonchev–Trinajstić information content (AvgIpc) is 3.27. The number of ether oxygens (including phenoxy) is 1. The third-order valence-corrected chi connectivity index (χ3v) is 5.92. The first-order chi connectivity index (χ1) is 16.8. The highest BCUT2D eigenvalue weighted by atomic mass is 32.1. The number of thiazole rings is 1. The normalized spacial score (nSPS) is 11.3. The van der Waals surface area contributed by atoms with E-state index in [0.717, 1.165) is 43.7 Å². The molecule has 0 aliphatic heterocycles. The number of benzene rings is 1. The first-order valence-electron chi connectivity index (χ1n) is 11.6. The van der Waals surface area contributed by atoms with Crippen molar-refractivity contribution in [3.05, 3.63) is 47.5 Å². The molecule has 3 rings (SSSR count). The topological polar surface area (TPSA) is 76.1 Å². The smallest absolute Gasteiger partial charge is 0.420 e. The molecule has 0 bridgehead atoms. The number of carbonyl (C=O) groups is 1. The Morgan fingerprint density at radius 3 is 2.54 bits per heavy atom. The molecule has 0 aliphatic rings. The predicted octanol–water partition coefficient (Wildman–Crippen LogP) is 7.67. The molecule has 0 unspecified atom stereocenters. The summed E-state index contributed by atoms with van der Waals surface area (Å²) in [7, 11) is 0. The van der Waals surface area contributed by atoms with E-state index in [4.69, 9.17) is 4.74 Å². The van der Waals surface area contributed by atoms with Gasteiger partial charge in [0.25, 0.3) is 0 Å². The number of alkyl halides is 3. The lowest BCUT2D eigenvalue weighted by Gasteiger charge is -2.15. The van der Waals surface area contributed by atoms with Crippen LogP contribution in [0.15, 0.2) is 41.9 Å². The van der Waals surface area contributed by atoms with Gasteiger partial charge in [0, 0.05) is 29.8 Å². The van der Waals surface area contributed by atoms with Crippen LogP contribution in [-0.2, 0) is 11.0 Å². The van der Waals surface area contributed by atoms with Crippen molar-refractivity contribution in [3.63, 3.8) is 0 Å². The number of carbonyl (C=O) groups excluding carboxylic acids is 1. The van der Waals surface area contributed by atoms with Crippen LogP contribution in [0.4, 0.5) is 29.8 Å². The number of anilines is 3. The number of pyridine rings is 1. The molecule has 0 aliphatic carbocycles. The summed E-state index contributed by atoms with van der Waals surface area (Å²) in [5.74, 6) is 0.0394. The largest absolute Gasteiger partial charge is 0.493 e. The second kappa shape index (κ2) is 12.5. The zero-order valence-electron chi connectivity index (χ0n) is 19.7. The fourth-order valence-corrected chi connectivity index (χ4v) is 4.15. The minimum absolute atomic E-state index is 0.165. The third-order valence-electron chi connectivity index (χ3n) is 5.16. The van der Waals surface area contributed by atoms with E-state index in [-0.39, 0.29) is 24.0 Å². The van der Waals surface area contributed by atoms with Gasteiger partial charge in [-0.15, -0.1) is 11.3 Å². The number of unbranched alkanes of at least 4 members (excludes halogenated alkanes) is 5. The Balaban J connectivity index is 1.64. The average molecular weight is 507 g/mol. The van der Waals surface area contributed by atoms with E-state index in [2.05, 4.69) is 27.5 Å². The van der Waals surface area contributed by atoms with Crippen molar-refractivity contribution in [2.24, 2.45) is 0 Å². The second-order valence-corrected chi connectivity index (χ2v) is 8.96. The Morgan fingerprint density at radius 2 is 1.86 bits per heavy atom. The first-order valence-corrected chi connectivity index (χ1v) is 12.4. The van der Waals surface area contributed by atoms with Gasteiger partial charge in [0.1, 0.15) is 11.6 Å². The lowest BCUT2D eigenvalue weighted by molar-refractivity contribution is -0.138. The van der Waals surface area contributed by atoms with E-state index in [1.807, 2.05) is 0 Å². The minimum atomic E-state index is -4.54. The molecule has 0 fully saturated rings. The van der Waals surface area contributed by atoms with Gasteiger partial charge in [0.15, 0.2) is 5.13 Å². The van der Waals surface area contributed by atoms with Crippen LogP contribution in [0.5, 0.6) is 5.75 Å². The van der Waals surface area contributed by atoms with Crippen LogP contribution < -0.4 is 15.4 Å². The lowest BCUT2D eigenvalue weighted by atomic mass is 10.1. The maximum absolute atomic E-state index is 13.7. The van der Waals surface area contributed by atoms with Crippen molar-refractivity contribution in [1.29, 1.82) is 0 Å². The summed E-state index contributed by atoms with van der Waals surface area (Å²) in [5, 5.41) is 7.75. The van der Waals surface area contributed by atoms with Gasteiger partial charge < -0.3 is 15.4 Å². The van der Waals surface area contributed by atoms with Gasteiger partial charge in [-0.2, -0.15) is 13.2 Å². The van der Waals surface area contributed by atoms with Crippen LogP contribution in [0.2, 0.25) is 0 Å². The SMILES string of the molecule is CCCCCCCCOc1ccc(Nc2nc(-c3ccc(NC(C)=O)nc3)cs2)cc1C(F)(F)F. The van der Waals surface area contributed by atoms with Gasteiger partial charge in [-0.05, 0) is 36.8 Å². The molecule has 2 N–H and O–H groups in total. The number of aromatic nitrogens is 2. The van der Waals surface area contributed by atoms with E-state index in [9.17, 15) is 18.0 Å². The summed E-state index contributed by atoms with van der Waals surface area (Å²) in [4.78, 5) is 19.7. The molecule has 35 heavy (non-hydrogen) atoms. The summed E-state index contributed by atoms with van der Waals surface area (Å²) < 4.78 is 46.5. The number of nitrogens with one attached hydrogen (secondary N) is 2. The summed E-state index contributed by atoms with van der Waals surface area (Å²) in [6, 6.07) is 7.36. The number of halogens is 3. The van der Waals surface area contributed by atoms with Crippen molar-refractivity contribution >= 4 is 33.9 Å². The number of nitrogens with zero attached hydrogens (tertiary/aromatic N) is 2. The number of rotatable bonds is 12. The molecule has 0 radical (unpaired) electrons. The number of amides is 1. The molecule has 0 spiro atoms. The Kier molecular flexibility index (Phi) is 9.47. The van der Waals surface area contributed by atoms with Crippen molar-refractivity contribution in [2.45, 2.75) is 58.5 Å². The summed E-state index contributed by atoms with van der Waals surface area (Å²) >= 11 is 1.26. The quantitative estimate of drug-likeness (QED) is 0.247. The highest BCUT2D eigenvalue weighted by Crippen LogP contribution is 2.39. The highest BCUT2D eigenvalue weighted by molar-refractivity contribution is 7.14. The molecule has 2 aromatic heterocycles. The van der Waals surface area contributed by atoms with E-state index in [1.165, 1.54) is 30.7 Å². The summed E-state index contributed by atoms with van der Waals surface area (Å²) in [6.07, 6.45) is 3.24. The molecule has 1 aromatic carbocycles. The monoisotopic (exact) mass is 506 g/mol.